The summed E-state index contributed by atoms with van der Waals surface area (Å²) in [5, 5.41) is 16.3. The molecule has 1 aromatic heterocycles. The number of rotatable bonds is 7. The van der Waals surface area contributed by atoms with Crippen molar-refractivity contribution in [1.82, 2.24) is 9.97 Å². The molecule has 0 fully saturated rings. The van der Waals surface area contributed by atoms with Crippen molar-refractivity contribution in [1.29, 1.82) is 0 Å². The standard InChI is InChI=1S/C20H18F3N5O2/c1-2-5-13-6-3-4-7-17(13)26-18-16(20(21,22)23)12-24-19(27-18)25-14-8-10-15(11-9-14)28(29)30/h3-4,6-12H,2,5H2,1H3,(H2,24,25,26,27). The van der Waals surface area contributed by atoms with E-state index in [9.17, 15) is 23.3 Å². The number of halogens is 3. The van der Waals surface area contributed by atoms with Gasteiger partial charge >= 0.3 is 6.18 Å². The molecular formula is C20H18F3N5O2. The second-order valence-corrected chi connectivity index (χ2v) is 6.41. The molecule has 0 aliphatic carbocycles. The van der Waals surface area contributed by atoms with E-state index in [1.807, 2.05) is 19.1 Å². The van der Waals surface area contributed by atoms with Gasteiger partial charge in [-0.15, -0.1) is 0 Å². The van der Waals surface area contributed by atoms with Gasteiger partial charge in [-0.25, -0.2) is 4.98 Å². The van der Waals surface area contributed by atoms with Crippen LogP contribution in [0, 0.1) is 10.1 Å². The van der Waals surface area contributed by atoms with E-state index < -0.39 is 16.7 Å². The summed E-state index contributed by atoms with van der Waals surface area (Å²) in [4.78, 5) is 17.9. The minimum Gasteiger partial charge on any atom is -0.339 e. The second kappa shape index (κ2) is 8.76. The fraction of sp³-hybridized carbons (Fsp3) is 0.200. The van der Waals surface area contributed by atoms with Crippen LogP contribution in [0.2, 0.25) is 0 Å². The topological polar surface area (TPSA) is 93.0 Å². The highest BCUT2D eigenvalue weighted by Crippen LogP contribution is 2.36. The van der Waals surface area contributed by atoms with E-state index in [0.717, 1.165) is 12.0 Å². The summed E-state index contributed by atoms with van der Waals surface area (Å²) < 4.78 is 40.4. The third-order valence-corrected chi connectivity index (χ3v) is 4.22. The molecule has 0 radical (unpaired) electrons. The quantitative estimate of drug-likeness (QED) is 0.370. The predicted octanol–water partition coefficient (Wildman–Crippen LogP) is 5.84. The average molecular weight is 417 g/mol. The number of para-hydroxylation sites is 1. The van der Waals surface area contributed by atoms with E-state index in [4.69, 9.17) is 0 Å². The third-order valence-electron chi connectivity index (χ3n) is 4.22. The molecule has 0 bridgehead atoms. The number of nitro benzene ring substituents is 1. The maximum absolute atomic E-state index is 13.5. The van der Waals surface area contributed by atoms with E-state index in [2.05, 4.69) is 20.6 Å². The van der Waals surface area contributed by atoms with Crippen molar-refractivity contribution in [2.24, 2.45) is 0 Å². The fourth-order valence-electron chi connectivity index (χ4n) is 2.80. The van der Waals surface area contributed by atoms with Gasteiger partial charge in [-0.3, -0.25) is 10.1 Å². The minimum atomic E-state index is -4.64. The highest BCUT2D eigenvalue weighted by molar-refractivity contribution is 5.65. The first kappa shape index (κ1) is 21.0. The summed E-state index contributed by atoms with van der Waals surface area (Å²) in [5.74, 6) is -0.460. The number of hydrogen-bond donors (Lipinski definition) is 2. The Bertz CT molecular complexity index is 1040. The molecule has 0 saturated heterocycles. The summed E-state index contributed by atoms with van der Waals surface area (Å²) in [6.07, 6.45) is -2.41. The molecular weight excluding hydrogens is 399 g/mol. The predicted molar refractivity (Wildman–Crippen MR) is 107 cm³/mol. The third kappa shape index (κ3) is 5.02. The molecule has 0 saturated carbocycles. The molecule has 0 spiro atoms. The lowest BCUT2D eigenvalue weighted by Gasteiger charge is -2.16. The summed E-state index contributed by atoms with van der Waals surface area (Å²) >= 11 is 0. The van der Waals surface area contributed by atoms with Gasteiger partial charge in [0.15, 0.2) is 0 Å². The molecule has 0 amide bonds. The lowest BCUT2D eigenvalue weighted by molar-refractivity contribution is -0.384. The molecule has 30 heavy (non-hydrogen) atoms. The van der Waals surface area contributed by atoms with Crippen LogP contribution in [-0.4, -0.2) is 14.9 Å². The van der Waals surface area contributed by atoms with Crippen molar-refractivity contribution in [2.75, 3.05) is 10.6 Å². The molecule has 0 aliphatic rings. The van der Waals surface area contributed by atoms with Gasteiger partial charge < -0.3 is 10.6 Å². The number of alkyl halides is 3. The van der Waals surface area contributed by atoms with E-state index in [0.29, 0.717) is 24.0 Å². The Kier molecular flexibility index (Phi) is 6.14. The number of hydrogen-bond acceptors (Lipinski definition) is 6. The molecule has 0 unspecified atom stereocenters. The fourth-order valence-corrected chi connectivity index (χ4v) is 2.80. The maximum atomic E-state index is 13.5. The number of aromatic nitrogens is 2. The van der Waals surface area contributed by atoms with Crippen LogP contribution >= 0.6 is 0 Å². The van der Waals surface area contributed by atoms with Crippen molar-refractivity contribution in [3.63, 3.8) is 0 Å². The van der Waals surface area contributed by atoms with Gasteiger partial charge in [-0.2, -0.15) is 18.2 Å². The zero-order valence-electron chi connectivity index (χ0n) is 15.9. The first-order valence-corrected chi connectivity index (χ1v) is 9.08. The summed E-state index contributed by atoms with van der Waals surface area (Å²) in [6, 6.07) is 12.5. The number of nitro groups is 1. The molecule has 2 aromatic carbocycles. The van der Waals surface area contributed by atoms with Crippen LogP contribution in [-0.2, 0) is 12.6 Å². The van der Waals surface area contributed by atoms with Crippen molar-refractivity contribution < 1.29 is 18.1 Å². The Labute approximate surface area is 170 Å². The van der Waals surface area contributed by atoms with Crippen LogP contribution < -0.4 is 10.6 Å². The Hall–Kier alpha value is -3.69. The lowest BCUT2D eigenvalue weighted by atomic mass is 10.1. The van der Waals surface area contributed by atoms with E-state index >= 15 is 0 Å². The number of benzene rings is 2. The highest BCUT2D eigenvalue weighted by Gasteiger charge is 2.35. The first-order valence-electron chi connectivity index (χ1n) is 9.08. The van der Waals surface area contributed by atoms with Gasteiger partial charge in [-0.05, 0) is 30.2 Å². The summed E-state index contributed by atoms with van der Waals surface area (Å²) in [6.45, 7) is 1.98. The zero-order chi connectivity index (χ0) is 21.7. The number of nitrogens with one attached hydrogen (secondary N) is 2. The van der Waals surface area contributed by atoms with Crippen LogP contribution in [0.5, 0.6) is 0 Å². The normalized spacial score (nSPS) is 11.2. The van der Waals surface area contributed by atoms with Crippen molar-refractivity contribution >= 4 is 28.8 Å². The summed E-state index contributed by atoms with van der Waals surface area (Å²) in [7, 11) is 0. The molecule has 7 nitrogen and oxygen atoms in total. The molecule has 1 heterocycles. The minimum absolute atomic E-state index is 0.0766. The van der Waals surface area contributed by atoms with Gasteiger partial charge in [-0.1, -0.05) is 31.5 Å². The zero-order valence-corrected chi connectivity index (χ0v) is 15.9. The average Bonchev–Trinajstić information content (AvgIpc) is 2.69. The lowest BCUT2D eigenvalue weighted by Crippen LogP contribution is -2.13. The van der Waals surface area contributed by atoms with Gasteiger partial charge in [0.2, 0.25) is 5.95 Å². The SMILES string of the molecule is CCCc1ccccc1Nc1nc(Nc2ccc([N+](=O)[O-])cc2)ncc1C(F)(F)F. The molecule has 0 aliphatic heterocycles. The van der Waals surface area contributed by atoms with Crippen molar-refractivity contribution in [2.45, 2.75) is 25.9 Å². The molecule has 3 rings (SSSR count). The summed E-state index contributed by atoms with van der Waals surface area (Å²) in [5.41, 5.74) is 0.700. The Morgan fingerprint density at radius 2 is 1.77 bits per heavy atom. The van der Waals surface area contributed by atoms with Gasteiger partial charge in [0.25, 0.3) is 5.69 Å². The maximum Gasteiger partial charge on any atom is 0.421 e. The van der Waals surface area contributed by atoms with E-state index in [1.165, 1.54) is 24.3 Å². The smallest absolute Gasteiger partial charge is 0.339 e. The molecule has 3 aromatic rings. The monoisotopic (exact) mass is 417 g/mol. The molecule has 156 valence electrons. The van der Waals surface area contributed by atoms with Crippen LogP contribution in [0.3, 0.4) is 0 Å². The van der Waals surface area contributed by atoms with Crippen LogP contribution in [0.4, 0.5) is 42.0 Å². The highest BCUT2D eigenvalue weighted by atomic mass is 19.4. The van der Waals surface area contributed by atoms with Crippen LogP contribution in [0.25, 0.3) is 0 Å². The molecule has 2 N–H and O–H groups in total. The largest absolute Gasteiger partial charge is 0.421 e. The number of aryl methyl sites for hydroxylation is 1. The van der Waals surface area contributed by atoms with Crippen LogP contribution in [0.1, 0.15) is 24.5 Å². The van der Waals surface area contributed by atoms with E-state index in [1.54, 1.807) is 12.1 Å². The van der Waals surface area contributed by atoms with Crippen molar-refractivity contribution in [3.05, 3.63) is 76.0 Å². The Morgan fingerprint density at radius 3 is 2.40 bits per heavy atom. The van der Waals surface area contributed by atoms with Gasteiger partial charge in [0.1, 0.15) is 11.4 Å². The Balaban J connectivity index is 1.93. The van der Waals surface area contributed by atoms with E-state index in [-0.39, 0.29) is 17.5 Å². The number of anilines is 4. The van der Waals surface area contributed by atoms with Crippen LogP contribution in [0.15, 0.2) is 54.7 Å². The number of non-ortho nitro benzene ring substituents is 1. The molecule has 0 atom stereocenters. The molecule has 10 heteroatoms. The Morgan fingerprint density at radius 1 is 1.07 bits per heavy atom. The number of nitrogens with zero attached hydrogens (tertiary/aromatic N) is 3. The van der Waals surface area contributed by atoms with Gasteiger partial charge in [0, 0.05) is 29.7 Å². The van der Waals surface area contributed by atoms with Gasteiger partial charge in [0.05, 0.1) is 4.92 Å². The second-order valence-electron chi connectivity index (χ2n) is 6.41. The van der Waals surface area contributed by atoms with Crippen molar-refractivity contribution in [3.8, 4) is 0 Å². The first-order chi connectivity index (χ1) is 14.3.